The first-order chi connectivity index (χ1) is 14.0. The quantitative estimate of drug-likeness (QED) is 0.705. The van der Waals surface area contributed by atoms with Crippen LogP contribution in [0.2, 0.25) is 0 Å². The van der Waals surface area contributed by atoms with Crippen LogP contribution in [0.3, 0.4) is 0 Å². The molecule has 7 heteroatoms. The van der Waals surface area contributed by atoms with Crippen LogP contribution in [0.4, 0.5) is 0 Å². The number of nitrogens with zero attached hydrogens (tertiary/aromatic N) is 2. The Kier molecular flexibility index (Phi) is 5.49. The van der Waals surface area contributed by atoms with Crippen molar-refractivity contribution < 1.29 is 14.0 Å². The number of furan rings is 1. The van der Waals surface area contributed by atoms with Gasteiger partial charge in [0.25, 0.3) is 11.8 Å². The number of thiazole rings is 1. The number of piperidine rings is 1. The number of hydrogen-bond acceptors (Lipinski definition) is 5. The fourth-order valence-corrected chi connectivity index (χ4v) is 4.47. The number of carbonyl (C=O) groups is 2. The van der Waals surface area contributed by atoms with Crippen LogP contribution >= 0.6 is 11.3 Å². The SMILES string of the molecule is Cc1ccc(-c2nc(C)c(C(=O)N3CCC(NC(=O)c4ccccc4)CC3)s2)o1. The number of nitrogens with one attached hydrogen (secondary N) is 1. The Morgan fingerprint density at radius 3 is 2.48 bits per heavy atom. The molecule has 29 heavy (non-hydrogen) atoms. The zero-order valence-electron chi connectivity index (χ0n) is 16.5. The van der Waals surface area contributed by atoms with E-state index in [9.17, 15) is 9.59 Å². The number of aryl methyl sites for hydroxylation is 2. The van der Waals surface area contributed by atoms with E-state index in [1.54, 1.807) is 12.1 Å². The van der Waals surface area contributed by atoms with Gasteiger partial charge in [0, 0.05) is 24.7 Å². The molecule has 1 aliphatic rings. The standard InChI is InChI=1S/C22H23N3O3S/c1-14-8-9-18(28-14)21-23-15(2)19(29-21)22(27)25-12-10-17(11-13-25)24-20(26)16-6-4-3-5-7-16/h3-9,17H,10-13H2,1-2H3,(H,24,26). The molecule has 0 unspecified atom stereocenters. The lowest BCUT2D eigenvalue weighted by Crippen LogP contribution is -2.46. The van der Waals surface area contributed by atoms with E-state index in [4.69, 9.17) is 4.42 Å². The van der Waals surface area contributed by atoms with Crippen LogP contribution < -0.4 is 5.32 Å². The summed E-state index contributed by atoms with van der Waals surface area (Å²) < 4.78 is 5.63. The van der Waals surface area contributed by atoms with Gasteiger partial charge < -0.3 is 14.6 Å². The molecule has 0 radical (unpaired) electrons. The highest BCUT2D eigenvalue weighted by Gasteiger charge is 2.27. The van der Waals surface area contributed by atoms with Gasteiger partial charge in [-0.2, -0.15) is 0 Å². The number of benzene rings is 1. The number of likely N-dealkylation sites (tertiary alicyclic amines) is 1. The summed E-state index contributed by atoms with van der Waals surface area (Å²) in [5.74, 6) is 1.45. The van der Waals surface area contributed by atoms with E-state index in [1.165, 1.54) is 11.3 Å². The predicted molar refractivity (Wildman–Crippen MR) is 112 cm³/mol. The van der Waals surface area contributed by atoms with Crippen LogP contribution in [0.25, 0.3) is 10.8 Å². The highest BCUT2D eigenvalue weighted by Crippen LogP contribution is 2.30. The highest BCUT2D eigenvalue weighted by atomic mass is 32.1. The van der Waals surface area contributed by atoms with Gasteiger partial charge in [0.1, 0.15) is 10.6 Å². The Morgan fingerprint density at radius 2 is 1.83 bits per heavy atom. The smallest absolute Gasteiger partial charge is 0.265 e. The second-order valence-corrected chi connectivity index (χ2v) is 8.25. The third-order valence-electron chi connectivity index (χ3n) is 5.10. The molecule has 6 nitrogen and oxygen atoms in total. The summed E-state index contributed by atoms with van der Waals surface area (Å²) in [5.41, 5.74) is 1.38. The Morgan fingerprint density at radius 1 is 1.10 bits per heavy atom. The van der Waals surface area contributed by atoms with E-state index in [0.29, 0.717) is 29.3 Å². The van der Waals surface area contributed by atoms with Crippen molar-refractivity contribution in [1.29, 1.82) is 0 Å². The van der Waals surface area contributed by atoms with Gasteiger partial charge in [-0.3, -0.25) is 9.59 Å². The minimum Gasteiger partial charge on any atom is -0.459 e. The summed E-state index contributed by atoms with van der Waals surface area (Å²) in [5, 5.41) is 3.80. The number of carbonyl (C=O) groups excluding carboxylic acids is 2. The molecule has 1 aliphatic heterocycles. The number of rotatable bonds is 4. The van der Waals surface area contributed by atoms with Gasteiger partial charge in [-0.15, -0.1) is 11.3 Å². The summed E-state index contributed by atoms with van der Waals surface area (Å²) in [6.45, 7) is 4.98. The van der Waals surface area contributed by atoms with Crippen LogP contribution in [0.1, 0.15) is 44.3 Å². The molecule has 1 fully saturated rings. The molecule has 1 saturated heterocycles. The topological polar surface area (TPSA) is 75.4 Å². The molecule has 3 aromatic rings. The average molecular weight is 410 g/mol. The van der Waals surface area contributed by atoms with Crippen LogP contribution in [0.5, 0.6) is 0 Å². The lowest BCUT2D eigenvalue weighted by molar-refractivity contribution is 0.0702. The third kappa shape index (κ3) is 4.24. The van der Waals surface area contributed by atoms with Crippen LogP contribution in [-0.2, 0) is 0 Å². The molecule has 4 rings (SSSR count). The summed E-state index contributed by atoms with van der Waals surface area (Å²) in [7, 11) is 0. The molecule has 3 heterocycles. The maximum Gasteiger partial charge on any atom is 0.265 e. The molecule has 2 amide bonds. The van der Waals surface area contributed by atoms with Crippen LogP contribution in [-0.4, -0.2) is 40.8 Å². The molecule has 1 N–H and O–H groups in total. The van der Waals surface area contributed by atoms with Gasteiger partial charge in [0.05, 0.1) is 5.69 Å². The largest absolute Gasteiger partial charge is 0.459 e. The van der Waals surface area contributed by atoms with Gasteiger partial charge in [0.2, 0.25) is 0 Å². The van der Waals surface area contributed by atoms with Crippen molar-refractivity contribution >= 4 is 23.2 Å². The first-order valence-electron chi connectivity index (χ1n) is 9.70. The van der Waals surface area contributed by atoms with Gasteiger partial charge in [0.15, 0.2) is 10.8 Å². The third-order valence-corrected chi connectivity index (χ3v) is 6.26. The monoisotopic (exact) mass is 409 g/mol. The zero-order chi connectivity index (χ0) is 20.4. The average Bonchev–Trinajstić information content (AvgIpc) is 3.34. The van der Waals surface area contributed by atoms with Gasteiger partial charge in [-0.1, -0.05) is 18.2 Å². The highest BCUT2D eigenvalue weighted by molar-refractivity contribution is 7.17. The molecule has 0 saturated carbocycles. The molecule has 2 aromatic heterocycles. The van der Waals surface area contributed by atoms with E-state index in [1.807, 2.05) is 49.1 Å². The second kappa shape index (κ2) is 8.21. The Labute approximate surface area is 173 Å². The van der Waals surface area contributed by atoms with Gasteiger partial charge >= 0.3 is 0 Å². The molecule has 0 spiro atoms. The zero-order valence-corrected chi connectivity index (χ0v) is 17.3. The molecular weight excluding hydrogens is 386 g/mol. The summed E-state index contributed by atoms with van der Waals surface area (Å²) in [6.07, 6.45) is 1.48. The Balaban J connectivity index is 1.37. The maximum atomic E-state index is 13.0. The molecule has 0 atom stereocenters. The Hall–Kier alpha value is -2.93. The molecule has 0 bridgehead atoms. The number of hydrogen-bond donors (Lipinski definition) is 1. The van der Waals surface area contributed by atoms with Crippen molar-refractivity contribution in [1.82, 2.24) is 15.2 Å². The van der Waals surface area contributed by atoms with E-state index in [2.05, 4.69) is 10.3 Å². The first-order valence-corrected chi connectivity index (χ1v) is 10.5. The predicted octanol–water partition coefficient (Wildman–Crippen LogP) is 4.05. The summed E-state index contributed by atoms with van der Waals surface area (Å²) >= 11 is 1.37. The van der Waals surface area contributed by atoms with Crippen molar-refractivity contribution in [3.8, 4) is 10.8 Å². The van der Waals surface area contributed by atoms with E-state index >= 15 is 0 Å². The lowest BCUT2D eigenvalue weighted by atomic mass is 10.0. The first kappa shape index (κ1) is 19.4. The number of aromatic nitrogens is 1. The van der Waals surface area contributed by atoms with Crippen molar-refractivity contribution in [2.75, 3.05) is 13.1 Å². The fraction of sp³-hybridized carbons (Fsp3) is 0.318. The molecule has 150 valence electrons. The molecular formula is C22H23N3O3S. The second-order valence-electron chi connectivity index (χ2n) is 7.25. The Bertz CT molecular complexity index is 1020. The number of amides is 2. The van der Waals surface area contributed by atoms with E-state index in [-0.39, 0.29) is 17.9 Å². The van der Waals surface area contributed by atoms with Crippen molar-refractivity contribution in [3.63, 3.8) is 0 Å². The van der Waals surface area contributed by atoms with E-state index in [0.717, 1.165) is 29.3 Å². The molecule has 0 aliphatic carbocycles. The van der Waals surface area contributed by atoms with Crippen molar-refractivity contribution in [2.24, 2.45) is 0 Å². The van der Waals surface area contributed by atoms with Gasteiger partial charge in [-0.25, -0.2) is 4.98 Å². The van der Waals surface area contributed by atoms with Crippen LogP contribution in [0, 0.1) is 13.8 Å². The fourth-order valence-electron chi connectivity index (χ4n) is 3.48. The summed E-state index contributed by atoms with van der Waals surface area (Å²) in [4.78, 5) is 32.3. The van der Waals surface area contributed by atoms with Crippen molar-refractivity contribution in [3.05, 3.63) is 64.4 Å². The van der Waals surface area contributed by atoms with Crippen LogP contribution in [0.15, 0.2) is 46.9 Å². The normalized spacial score (nSPS) is 14.8. The summed E-state index contributed by atoms with van der Waals surface area (Å²) in [6, 6.07) is 13.1. The van der Waals surface area contributed by atoms with Crippen molar-refractivity contribution in [2.45, 2.75) is 32.7 Å². The lowest BCUT2D eigenvalue weighted by Gasteiger charge is -2.32. The molecule has 1 aromatic carbocycles. The van der Waals surface area contributed by atoms with E-state index < -0.39 is 0 Å². The minimum atomic E-state index is -0.0629. The maximum absolute atomic E-state index is 13.0. The van der Waals surface area contributed by atoms with Gasteiger partial charge in [-0.05, 0) is 51.0 Å². The minimum absolute atomic E-state index is 0.00219.